The highest BCUT2D eigenvalue weighted by Gasteiger charge is 2.24. The summed E-state index contributed by atoms with van der Waals surface area (Å²) in [6.07, 6.45) is 2.65. The molecule has 1 amide bonds. The van der Waals surface area contributed by atoms with Gasteiger partial charge in [0.2, 0.25) is 0 Å². The number of hydrogen-bond donors (Lipinski definition) is 1. The summed E-state index contributed by atoms with van der Waals surface area (Å²) in [6, 6.07) is 17.2. The van der Waals surface area contributed by atoms with Crippen LogP contribution in [-0.4, -0.2) is 11.1 Å². The first-order valence-electron chi connectivity index (χ1n) is 10.2. The summed E-state index contributed by atoms with van der Waals surface area (Å²) in [5.74, 6) is -0.234. The number of amides is 1. The van der Waals surface area contributed by atoms with Crippen LogP contribution in [0.5, 0.6) is 5.75 Å². The number of aliphatic imine (C=N–C) groups is 1. The van der Waals surface area contributed by atoms with E-state index in [1.807, 2.05) is 24.3 Å². The summed E-state index contributed by atoms with van der Waals surface area (Å²) in [6.45, 7) is 2.28. The Morgan fingerprint density at radius 1 is 1.03 bits per heavy atom. The molecular formula is C25H19Cl2FN2O2S. The van der Waals surface area contributed by atoms with E-state index in [-0.39, 0.29) is 18.3 Å². The lowest BCUT2D eigenvalue weighted by molar-refractivity contribution is -0.115. The Balaban J connectivity index is 1.48. The van der Waals surface area contributed by atoms with E-state index in [2.05, 4.69) is 17.2 Å². The van der Waals surface area contributed by atoms with Crippen molar-refractivity contribution in [2.24, 2.45) is 4.99 Å². The van der Waals surface area contributed by atoms with Gasteiger partial charge in [0.25, 0.3) is 5.91 Å². The SMILES string of the molecule is CCc1ccc(N=C2NC(=O)/C(=C/c3cc(Cl)c(OCc4ccc(F)cc4)c(Cl)c3)S2)cc1. The van der Waals surface area contributed by atoms with Gasteiger partial charge in [-0.05, 0) is 77.3 Å². The van der Waals surface area contributed by atoms with Crippen LogP contribution in [-0.2, 0) is 17.8 Å². The van der Waals surface area contributed by atoms with Crippen molar-refractivity contribution in [2.75, 3.05) is 0 Å². The number of carbonyl (C=O) groups is 1. The normalized spacial score (nSPS) is 15.8. The molecule has 0 atom stereocenters. The number of amidine groups is 1. The summed E-state index contributed by atoms with van der Waals surface area (Å²) in [7, 11) is 0. The molecule has 3 aromatic carbocycles. The zero-order valence-electron chi connectivity index (χ0n) is 17.6. The van der Waals surface area contributed by atoms with Gasteiger partial charge in [-0.25, -0.2) is 9.38 Å². The van der Waals surface area contributed by atoms with Crippen LogP contribution in [0.2, 0.25) is 10.0 Å². The maximum atomic E-state index is 13.1. The van der Waals surface area contributed by atoms with E-state index in [0.29, 0.717) is 31.4 Å². The molecule has 1 fully saturated rings. The van der Waals surface area contributed by atoms with Gasteiger partial charge in [0, 0.05) is 0 Å². The topological polar surface area (TPSA) is 50.7 Å². The number of aryl methyl sites for hydroxylation is 1. The molecule has 33 heavy (non-hydrogen) atoms. The molecule has 1 heterocycles. The lowest BCUT2D eigenvalue weighted by atomic mass is 10.2. The van der Waals surface area contributed by atoms with Gasteiger partial charge in [0.1, 0.15) is 12.4 Å². The van der Waals surface area contributed by atoms with Crippen molar-refractivity contribution in [1.29, 1.82) is 0 Å². The minimum absolute atomic E-state index is 0.192. The van der Waals surface area contributed by atoms with Gasteiger partial charge in [0.05, 0.1) is 20.6 Å². The molecule has 0 aromatic heterocycles. The predicted molar refractivity (Wildman–Crippen MR) is 134 cm³/mol. The van der Waals surface area contributed by atoms with Crippen molar-refractivity contribution in [3.8, 4) is 5.75 Å². The summed E-state index contributed by atoms with van der Waals surface area (Å²) >= 11 is 14.0. The number of halogens is 3. The highest BCUT2D eigenvalue weighted by Crippen LogP contribution is 2.37. The third kappa shape index (κ3) is 5.96. The molecule has 1 saturated heterocycles. The van der Waals surface area contributed by atoms with Gasteiger partial charge in [-0.2, -0.15) is 0 Å². The van der Waals surface area contributed by atoms with E-state index in [4.69, 9.17) is 27.9 Å². The fourth-order valence-corrected chi connectivity index (χ4v) is 4.55. The monoisotopic (exact) mass is 500 g/mol. The van der Waals surface area contributed by atoms with E-state index >= 15 is 0 Å². The summed E-state index contributed by atoms with van der Waals surface area (Å²) < 4.78 is 18.8. The molecule has 1 aliphatic rings. The van der Waals surface area contributed by atoms with Gasteiger partial charge in [0.15, 0.2) is 10.9 Å². The van der Waals surface area contributed by atoms with Crippen LogP contribution in [0.1, 0.15) is 23.6 Å². The molecule has 0 spiro atoms. The summed E-state index contributed by atoms with van der Waals surface area (Å²) in [5, 5.41) is 3.90. The molecule has 0 aliphatic carbocycles. The van der Waals surface area contributed by atoms with Gasteiger partial charge in [-0.1, -0.05) is 54.4 Å². The highest BCUT2D eigenvalue weighted by atomic mass is 35.5. The number of nitrogens with one attached hydrogen (secondary N) is 1. The minimum Gasteiger partial charge on any atom is -0.486 e. The largest absolute Gasteiger partial charge is 0.486 e. The smallest absolute Gasteiger partial charge is 0.264 e. The van der Waals surface area contributed by atoms with Gasteiger partial charge in [-0.3, -0.25) is 4.79 Å². The Labute approximate surface area is 205 Å². The molecule has 0 saturated carbocycles. The first-order chi connectivity index (χ1) is 15.9. The molecule has 1 N–H and O–H groups in total. The first-order valence-corrected chi connectivity index (χ1v) is 11.7. The lowest BCUT2D eigenvalue weighted by Crippen LogP contribution is -2.19. The number of benzene rings is 3. The molecule has 3 aromatic rings. The Bertz CT molecular complexity index is 1220. The van der Waals surface area contributed by atoms with Crippen LogP contribution in [0.25, 0.3) is 6.08 Å². The first kappa shape index (κ1) is 23.4. The average molecular weight is 501 g/mol. The van der Waals surface area contributed by atoms with Crippen molar-refractivity contribution >= 4 is 57.8 Å². The van der Waals surface area contributed by atoms with Crippen molar-refractivity contribution in [2.45, 2.75) is 20.0 Å². The van der Waals surface area contributed by atoms with Crippen LogP contribution in [0.4, 0.5) is 10.1 Å². The minimum atomic E-state index is -0.316. The predicted octanol–water partition coefficient (Wildman–Crippen LogP) is 7.17. The van der Waals surface area contributed by atoms with E-state index < -0.39 is 0 Å². The van der Waals surface area contributed by atoms with E-state index in [1.165, 1.54) is 29.5 Å². The Morgan fingerprint density at radius 3 is 2.30 bits per heavy atom. The highest BCUT2D eigenvalue weighted by molar-refractivity contribution is 8.18. The van der Waals surface area contributed by atoms with Crippen molar-refractivity contribution < 1.29 is 13.9 Å². The number of rotatable bonds is 6. The van der Waals surface area contributed by atoms with E-state index in [9.17, 15) is 9.18 Å². The fraction of sp³-hybridized carbons (Fsp3) is 0.120. The molecule has 0 bridgehead atoms. The molecule has 4 nitrogen and oxygen atoms in total. The molecule has 0 unspecified atom stereocenters. The van der Waals surface area contributed by atoms with Crippen LogP contribution < -0.4 is 10.1 Å². The second kappa shape index (κ2) is 10.4. The number of thioether (sulfide) groups is 1. The second-order valence-corrected chi connectivity index (χ2v) is 9.08. The van der Waals surface area contributed by atoms with Crippen molar-refractivity contribution in [3.05, 3.63) is 98.1 Å². The number of nitrogens with zero attached hydrogens (tertiary/aromatic N) is 1. The number of hydrogen-bond acceptors (Lipinski definition) is 4. The Morgan fingerprint density at radius 2 is 1.67 bits per heavy atom. The van der Waals surface area contributed by atoms with Crippen LogP contribution in [0, 0.1) is 5.82 Å². The summed E-state index contributed by atoms with van der Waals surface area (Å²) in [4.78, 5) is 17.4. The lowest BCUT2D eigenvalue weighted by Gasteiger charge is -2.11. The van der Waals surface area contributed by atoms with Crippen molar-refractivity contribution in [3.63, 3.8) is 0 Å². The Kier molecular flexibility index (Phi) is 7.38. The molecule has 4 rings (SSSR count). The molecular weight excluding hydrogens is 482 g/mol. The van der Waals surface area contributed by atoms with Gasteiger partial charge >= 0.3 is 0 Å². The average Bonchev–Trinajstić information content (AvgIpc) is 3.13. The summed E-state index contributed by atoms with van der Waals surface area (Å²) in [5.41, 5.74) is 3.43. The van der Waals surface area contributed by atoms with Crippen LogP contribution in [0.15, 0.2) is 70.6 Å². The van der Waals surface area contributed by atoms with Gasteiger partial charge < -0.3 is 10.1 Å². The van der Waals surface area contributed by atoms with Crippen LogP contribution >= 0.6 is 35.0 Å². The third-order valence-electron chi connectivity index (χ3n) is 4.84. The van der Waals surface area contributed by atoms with Crippen LogP contribution in [0.3, 0.4) is 0 Å². The second-order valence-electron chi connectivity index (χ2n) is 7.23. The quantitative estimate of drug-likeness (QED) is 0.365. The molecule has 168 valence electrons. The van der Waals surface area contributed by atoms with E-state index in [0.717, 1.165) is 17.7 Å². The van der Waals surface area contributed by atoms with Gasteiger partial charge in [-0.15, -0.1) is 0 Å². The maximum Gasteiger partial charge on any atom is 0.264 e. The number of carbonyl (C=O) groups excluding carboxylic acids is 1. The van der Waals surface area contributed by atoms with Crippen molar-refractivity contribution in [1.82, 2.24) is 5.32 Å². The molecule has 0 radical (unpaired) electrons. The fourth-order valence-electron chi connectivity index (χ4n) is 3.09. The standard InChI is InChI=1S/C25H19Cl2FN2O2S/c1-2-15-5-9-19(10-6-15)29-25-30-24(31)22(33-25)13-17-11-20(26)23(21(27)12-17)32-14-16-3-7-18(28)8-4-16/h3-13H,2,14H2,1H3,(H,29,30,31)/b22-13-. The number of ether oxygens (including phenoxy) is 1. The Hall–Kier alpha value is -2.80. The third-order valence-corrected chi connectivity index (χ3v) is 6.31. The van der Waals surface area contributed by atoms with E-state index in [1.54, 1.807) is 30.3 Å². The zero-order valence-corrected chi connectivity index (χ0v) is 19.9. The molecule has 8 heteroatoms. The molecule has 1 aliphatic heterocycles. The zero-order chi connectivity index (χ0) is 23.4. The maximum absolute atomic E-state index is 13.1.